The van der Waals surface area contributed by atoms with Crippen LogP contribution in [-0.2, 0) is 0 Å². The summed E-state index contributed by atoms with van der Waals surface area (Å²) >= 11 is 1.29. The van der Waals surface area contributed by atoms with E-state index in [-0.39, 0.29) is 16.9 Å². The molecule has 0 saturated carbocycles. The zero-order valence-electron chi connectivity index (χ0n) is 13.4. The van der Waals surface area contributed by atoms with E-state index in [1.165, 1.54) is 41.9 Å². The molecule has 0 bridgehead atoms. The summed E-state index contributed by atoms with van der Waals surface area (Å²) in [5.41, 5.74) is 4.74. The van der Waals surface area contributed by atoms with Gasteiger partial charge in [-0.2, -0.15) is 0 Å². The van der Waals surface area contributed by atoms with Crippen molar-refractivity contribution in [2.75, 3.05) is 0 Å². The molecule has 3 rings (SSSR count). The molecule has 1 aromatic carbocycles. The van der Waals surface area contributed by atoms with Gasteiger partial charge in [0.1, 0.15) is 5.69 Å². The zero-order chi connectivity index (χ0) is 18.7. The number of nitro benzene ring substituents is 1. The number of nitro groups is 1. The van der Waals surface area contributed by atoms with Gasteiger partial charge in [0.2, 0.25) is 0 Å². The first-order valence-corrected chi connectivity index (χ1v) is 8.14. The average Bonchev–Trinajstić information content (AvgIpc) is 3.29. The van der Waals surface area contributed by atoms with Gasteiger partial charge in [0.25, 0.3) is 17.5 Å². The summed E-state index contributed by atoms with van der Waals surface area (Å²) in [6.07, 6.45) is 1.51. The fourth-order valence-electron chi connectivity index (χ4n) is 2.09. The van der Waals surface area contributed by atoms with Crippen molar-refractivity contribution < 1.29 is 18.9 Å². The van der Waals surface area contributed by atoms with Crippen LogP contribution in [-0.4, -0.2) is 21.7 Å². The number of furan rings is 1. The topological polar surface area (TPSA) is 127 Å². The van der Waals surface area contributed by atoms with Gasteiger partial charge in [-0.15, -0.1) is 11.3 Å². The number of aryl methyl sites for hydroxylation is 1. The zero-order valence-corrected chi connectivity index (χ0v) is 14.2. The predicted octanol–water partition coefficient (Wildman–Crippen LogP) is 2.69. The number of carbonyl (C=O) groups excluding carboxylic acids is 2. The minimum Gasteiger partial charge on any atom is -0.462 e. The second kappa shape index (κ2) is 7.15. The lowest BCUT2D eigenvalue weighted by Crippen LogP contribution is -2.42. The number of nitrogens with zero attached hydrogens (tertiary/aromatic N) is 2. The van der Waals surface area contributed by atoms with E-state index in [4.69, 9.17) is 4.42 Å². The van der Waals surface area contributed by atoms with Crippen molar-refractivity contribution in [3.8, 4) is 10.8 Å². The molecule has 2 amide bonds. The fraction of sp³-hybridized carbons (Fsp3) is 0.0625. The highest BCUT2D eigenvalue weighted by atomic mass is 32.1. The number of carbonyl (C=O) groups is 2. The minimum absolute atomic E-state index is 0.130. The second-order valence-electron chi connectivity index (χ2n) is 5.11. The SMILES string of the molecule is Cc1sc(-c2ccco2)nc1C(=O)NNC(=O)c1ccc([N+](=O)[O-])cc1. The van der Waals surface area contributed by atoms with E-state index < -0.39 is 16.7 Å². The lowest BCUT2D eigenvalue weighted by Gasteiger charge is -2.06. The lowest BCUT2D eigenvalue weighted by molar-refractivity contribution is -0.384. The Hall–Kier alpha value is -3.53. The maximum Gasteiger partial charge on any atom is 0.289 e. The molecule has 0 spiro atoms. The molecule has 0 aliphatic heterocycles. The van der Waals surface area contributed by atoms with Gasteiger partial charge in [-0.05, 0) is 31.2 Å². The molecule has 9 nitrogen and oxygen atoms in total. The standard InChI is InChI=1S/C16H12N4O5S/c1-9-13(17-16(26-9)12-3-2-8-25-12)15(22)19-18-14(21)10-4-6-11(7-5-10)20(23)24/h2-8H,1H3,(H,18,21)(H,19,22). The third kappa shape index (κ3) is 3.59. The van der Waals surface area contributed by atoms with Crippen LogP contribution in [0.2, 0.25) is 0 Å². The molecule has 0 aliphatic rings. The molecule has 0 aliphatic carbocycles. The first-order valence-electron chi connectivity index (χ1n) is 7.32. The molecule has 0 saturated heterocycles. The van der Waals surface area contributed by atoms with E-state index in [2.05, 4.69) is 15.8 Å². The van der Waals surface area contributed by atoms with Crippen LogP contribution < -0.4 is 10.9 Å². The third-order valence-corrected chi connectivity index (χ3v) is 4.36. The van der Waals surface area contributed by atoms with Crippen LogP contribution in [0.5, 0.6) is 0 Å². The highest BCUT2D eigenvalue weighted by Gasteiger charge is 2.18. The van der Waals surface area contributed by atoms with Crippen LogP contribution in [0, 0.1) is 17.0 Å². The van der Waals surface area contributed by atoms with Gasteiger partial charge in [0.05, 0.1) is 11.2 Å². The summed E-state index contributed by atoms with van der Waals surface area (Å²) in [4.78, 5) is 39.2. The normalized spacial score (nSPS) is 10.3. The number of thiazole rings is 1. The number of amides is 2. The summed E-state index contributed by atoms with van der Waals surface area (Å²) in [5, 5.41) is 11.2. The quantitative estimate of drug-likeness (QED) is 0.535. The van der Waals surface area contributed by atoms with Crippen LogP contribution in [0.15, 0.2) is 47.1 Å². The Kier molecular flexibility index (Phi) is 4.76. The highest BCUT2D eigenvalue weighted by Crippen LogP contribution is 2.27. The average molecular weight is 372 g/mol. The lowest BCUT2D eigenvalue weighted by atomic mass is 10.2. The van der Waals surface area contributed by atoms with E-state index in [9.17, 15) is 19.7 Å². The van der Waals surface area contributed by atoms with Crippen molar-refractivity contribution in [2.24, 2.45) is 0 Å². The summed E-state index contributed by atoms with van der Waals surface area (Å²) in [6.45, 7) is 1.73. The van der Waals surface area contributed by atoms with Crippen molar-refractivity contribution in [1.29, 1.82) is 0 Å². The summed E-state index contributed by atoms with van der Waals surface area (Å²) in [7, 11) is 0. The van der Waals surface area contributed by atoms with Gasteiger partial charge in [0.15, 0.2) is 10.8 Å². The third-order valence-electron chi connectivity index (χ3n) is 3.37. The van der Waals surface area contributed by atoms with Gasteiger partial charge < -0.3 is 4.42 Å². The first kappa shape index (κ1) is 17.3. The van der Waals surface area contributed by atoms with Crippen LogP contribution in [0.4, 0.5) is 5.69 Å². The van der Waals surface area contributed by atoms with E-state index >= 15 is 0 Å². The number of rotatable bonds is 4. The number of benzene rings is 1. The summed E-state index contributed by atoms with van der Waals surface area (Å²) < 4.78 is 5.25. The molecule has 0 unspecified atom stereocenters. The van der Waals surface area contributed by atoms with Crippen LogP contribution in [0.1, 0.15) is 25.7 Å². The molecule has 0 fully saturated rings. The Morgan fingerprint density at radius 2 is 1.85 bits per heavy atom. The molecule has 3 aromatic rings. The molecular weight excluding hydrogens is 360 g/mol. The Morgan fingerprint density at radius 1 is 1.15 bits per heavy atom. The Bertz CT molecular complexity index is 963. The van der Waals surface area contributed by atoms with Crippen molar-refractivity contribution in [2.45, 2.75) is 6.92 Å². The Labute approximate surface area is 150 Å². The Balaban J connectivity index is 1.65. The number of non-ortho nitro benzene ring substituents is 1. The maximum absolute atomic E-state index is 12.2. The molecule has 132 valence electrons. The highest BCUT2D eigenvalue weighted by molar-refractivity contribution is 7.15. The second-order valence-corrected chi connectivity index (χ2v) is 6.32. The molecule has 2 N–H and O–H groups in total. The number of hydrogen-bond acceptors (Lipinski definition) is 7. The van der Waals surface area contributed by atoms with Crippen LogP contribution in [0.3, 0.4) is 0 Å². The first-order chi connectivity index (χ1) is 12.5. The number of nitrogens with one attached hydrogen (secondary N) is 2. The van der Waals surface area contributed by atoms with Crippen molar-refractivity contribution >= 4 is 28.8 Å². The number of hydrogen-bond donors (Lipinski definition) is 2. The minimum atomic E-state index is -0.604. The van der Waals surface area contributed by atoms with Crippen LogP contribution >= 0.6 is 11.3 Å². The summed E-state index contributed by atoms with van der Waals surface area (Å²) in [6, 6.07) is 8.45. The van der Waals surface area contributed by atoms with E-state index in [0.29, 0.717) is 15.6 Å². The monoisotopic (exact) mass is 372 g/mol. The molecule has 26 heavy (non-hydrogen) atoms. The van der Waals surface area contributed by atoms with E-state index in [1.807, 2.05) is 0 Å². The Morgan fingerprint density at radius 3 is 2.46 bits per heavy atom. The van der Waals surface area contributed by atoms with Gasteiger partial charge in [-0.25, -0.2) is 4.98 Å². The van der Waals surface area contributed by atoms with Gasteiger partial charge in [-0.3, -0.25) is 30.6 Å². The van der Waals surface area contributed by atoms with E-state index in [0.717, 1.165) is 0 Å². The largest absolute Gasteiger partial charge is 0.462 e. The summed E-state index contributed by atoms with van der Waals surface area (Å²) in [5.74, 6) is -0.633. The van der Waals surface area contributed by atoms with Crippen molar-refractivity contribution in [1.82, 2.24) is 15.8 Å². The van der Waals surface area contributed by atoms with Crippen LogP contribution in [0.25, 0.3) is 10.8 Å². The fourth-order valence-corrected chi connectivity index (χ4v) is 2.97. The molecule has 0 atom stereocenters. The molecule has 2 heterocycles. The smallest absolute Gasteiger partial charge is 0.289 e. The van der Waals surface area contributed by atoms with Crippen molar-refractivity contribution in [3.63, 3.8) is 0 Å². The molecule has 10 heteroatoms. The predicted molar refractivity (Wildman–Crippen MR) is 92.6 cm³/mol. The molecule has 2 aromatic heterocycles. The molecular formula is C16H12N4O5S. The molecule has 0 radical (unpaired) electrons. The maximum atomic E-state index is 12.2. The van der Waals surface area contributed by atoms with Gasteiger partial charge >= 0.3 is 0 Å². The van der Waals surface area contributed by atoms with E-state index in [1.54, 1.807) is 19.1 Å². The van der Waals surface area contributed by atoms with Gasteiger partial charge in [0, 0.05) is 22.6 Å². The van der Waals surface area contributed by atoms with Crippen molar-refractivity contribution in [3.05, 3.63) is 68.9 Å². The number of aromatic nitrogens is 1. The number of hydrazine groups is 1. The van der Waals surface area contributed by atoms with Gasteiger partial charge in [-0.1, -0.05) is 0 Å².